The van der Waals surface area contributed by atoms with E-state index in [0.717, 1.165) is 0 Å². The Labute approximate surface area is 111 Å². The van der Waals surface area contributed by atoms with E-state index in [1.807, 2.05) is 6.07 Å². The summed E-state index contributed by atoms with van der Waals surface area (Å²) in [7, 11) is -3.74. The van der Waals surface area contributed by atoms with Crippen LogP contribution in [0.25, 0.3) is 0 Å². The number of anilines is 1. The third-order valence-corrected chi connectivity index (χ3v) is 4.01. The molecule has 5 nitrogen and oxygen atoms in total. The number of benzene rings is 1. The first-order valence-corrected chi connectivity index (χ1v) is 6.96. The molecule has 1 aromatic carbocycles. The van der Waals surface area contributed by atoms with Gasteiger partial charge in [0.05, 0.1) is 16.5 Å². The molecule has 0 atom stereocenters. The first-order chi connectivity index (χ1) is 9.03. The van der Waals surface area contributed by atoms with Gasteiger partial charge >= 0.3 is 0 Å². The summed E-state index contributed by atoms with van der Waals surface area (Å²) in [4.78, 5) is 3.99. The molecule has 1 N–H and O–H groups in total. The van der Waals surface area contributed by atoms with Crippen LogP contribution in [0.5, 0.6) is 0 Å². The van der Waals surface area contributed by atoms with Crippen molar-refractivity contribution in [2.24, 2.45) is 0 Å². The average molecular weight is 273 g/mol. The summed E-state index contributed by atoms with van der Waals surface area (Å²) in [6.45, 7) is 1.67. The van der Waals surface area contributed by atoms with E-state index in [-0.39, 0.29) is 10.7 Å². The van der Waals surface area contributed by atoms with Gasteiger partial charge in [-0.3, -0.25) is 4.72 Å². The molecule has 0 aliphatic heterocycles. The molecular weight excluding hydrogens is 262 g/mol. The Hall–Kier alpha value is -2.39. The van der Waals surface area contributed by atoms with Gasteiger partial charge in [-0.25, -0.2) is 13.4 Å². The number of nitriles is 1. The topological polar surface area (TPSA) is 82.8 Å². The van der Waals surface area contributed by atoms with E-state index in [4.69, 9.17) is 5.26 Å². The lowest BCUT2D eigenvalue weighted by Crippen LogP contribution is -2.15. The van der Waals surface area contributed by atoms with Gasteiger partial charge < -0.3 is 0 Å². The molecule has 6 heteroatoms. The van der Waals surface area contributed by atoms with Crippen molar-refractivity contribution in [2.45, 2.75) is 11.8 Å². The number of nitrogens with one attached hydrogen (secondary N) is 1. The summed E-state index contributed by atoms with van der Waals surface area (Å²) in [5.74, 6) is 0.240. The molecule has 0 aliphatic rings. The van der Waals surface area contributed by atoms with Crippen LogP contribution in [0.15, 0.2) is 47.5 Å². The van der Waals surface area contributed by atoms with Crippen molar-refractivity contribution in [3.63, 3.8) is 0 Å². The average Bonchev–Trinajstić information content (AvgIpc) is 2.39. The van der Waals surface area contributed by atoms with Crippen LogP contribution in [0.1, 0.15) is 11.1 Å². The Bertz CT molecular complexity index is 734. The van der Waals surface area contributed by atoms with Crippen LogP contribution in [0, 0.1) is 18.3 Å². The molecule has 1 heterocycles. The van der Waals surface area contributed by atoms with Gasteiger partial charge in [-0.2, -0.15) is 5.26 Å². The predicted molar refractivity (Wildman–Crippen MR) is 70.9 cm³/mol. The van der Waals surface area contributed by atoms with Crippen LogP contribution in [0.3, 0.4) is 0 Å². The highest BCUT2D eigenvalue weighted by Gasteiger charge is 2.17. The second-order valence-corrected chi connectivity index (χ2v) is 5.56. The van der Waals surface area contributed by atoms with E-state index >= 15 is 0 Å². The monoisotopic (exact) mass is 273 g/mol. The summed E-state index contributed by atoms with van der Waals surface area (Å²) >= 11 is 0. The van der Waals surface area contributed by atoms with E-state index in [9.17, 15) is 8.42 Å². The molecule has 2 aromatic rings. The minimum absolute atomic E-state index is 0.0807. The van der Waals surface area contributed by atoms with E-state index in [1.54, 1.807) is 37.3 Å². The van der Waals surface area contributed by atoms with Crippen molar-refractivity contribution in [2.75, 3.05) is 4.72 Å². The highest BCUT2D eigenvalue weighted by molar-refractivity contribution is 7.92. The molecule has 2 rings (SSSR count). The van der Waals surface area contributed by atoms with Crippen LogP contribution in [-0.4, -0.2) is 13.4 Å². The molecule has 0 radical (unpaired) electrons. The molecule has 0 fully saturated rings. The van der Waals surface area contributed by atoms with E-state index < -0.39 is 10.0 Å². The Kier molecular flexibility index (Phi) is 3.49. The zero-order valence-corrected chi connectivity index (χ0v) is 11.0. The van der Waals surface area contributed by atoms with E-state index in [2.05, 4.69) is 9.71 Å². The number of nitrogens with zero attached hydrogens (tertiary/aromatic N) is 2. The summed E-state index contributed by atoms with van der Waals surface area (Å²) in [5, 5.41) is 8.83. The summed E-state index contributed by atoms with van der Waals surface area (Å²) in [6.07, 6.45) is 1.50. The van der Waals surface area contributed by atoms with Gasteiger partial charge in [-0.05, 0) is 36.8 Å². The summed E-state index contributed by atoms with van der Waals surface area (Å²) < 4.78 is 26.8. The normalized spacial score (nSPS) is 10.7. The minimum Gasteiger partial charge on any atom is -0.263 e. The maximum absolute atomic E-state index is 12.2. The lowest BCUT2D eigenvalue weighted by Gasteiger charge is -2.09. The minimum atomic E-state index is -3.74. The molecular formula is C13H11N3O2S. The van der Waals surface area contributed by atoms with Gasteiger partial charge in [0.1, 0.15) is 5.82 Å². The van der Waals surface area contributed by atoms with E-state index in [1.165, 1.54) is 12.3 Å². The molecule has 0 unspecified atom stereocenters. The van der Waals surface area contributed by atoms with E-state index in [0.29, 0.717) is 11.1 Å². The largest absolute Gasteiger partial charge is 0.263 e. The van der Waals surface area contributed by atoms with Crippen LogP contribution < -0.4 is 4.72 Å². The fraction of sp³-hybridized carbons (Fsp3) is 0.0769. The highest BCUT2D eigenvalue weighted by atomic mass is 32.2. The van der Waals surface area contributed by atoms with Crippen molar-refractivity contribution in [3.8, 4) is 6.07 Å². The van der Waals surface area contributed by atoms with Crippen molar-refractivity contribution in [1.82, 2.24) is 4.98 Å². The molecule has 0 aliphatic carbocycles. The SMILES string of the molecule is Cc1ccc(C#N)cc1S(=O)(=O)Nc1ccccn1. The predicted octanol–water partition coefficient (Wildman–Crippen LogP) is 2.06. The van der Waals surface area contributed by atoms with Gasteiger partial charge in [0.2, 0.25) is 0 Å². The molecule has 0 saturated heterocycles. The number of aromatic nitrogens is 1. The highest BCUT2D eigenvalue weighted by Crippen LogP contribution is 2.19. The van der Waals surface area contributed by atoms with Gasteiger partial charge in [0.25, 0.3) is 10.0 Å². The number of rotatable bonds is 3. The second-order valence-electron chi connectivity index (χ2n) is 3.91. The van der Waals surface area contributed by atoms with Crippen molar-refractivity contribution in [3.05, 3.63) is 53.7 Å². The maximum atomic E-state index is 12.2. The standard InChI is InChI=1S/C13H11N3O2S/c1-10-5-6-11(9-14)8-12(10)19(17,18)16-13-4-2-3-7-15-13/h2-8H,1H3,(H,15,16). The molecule has 0 amide bonds. The third kappa shape index (κ3) is 2.89. The molecule has 1 aromatic heterocycles. The van der Waals surface area contributed by atoms with Crippen LogP contribution >= 0.6 is 0 Å². The Morgan fingerprint density at radius 1 is 1.26 bits per heavy atom. The zero-order chi connectivity index (χ0) is 13.9. The van der Waals surface area contributed by atoms with Crippen LogP contribution in [0.4, 0.5) is 5.82 Å². The van der Waals surface area contributed by atoms with Gasteiger partial charge in [-0.15, -0.1) is 0 Å². The lowest BCUT2D eigenvalue weighted by atomic mass is 10.2. The van der Waals surface area contributed by atoms with Gasteiger partial charge in [0, 0.05) is 6.20 Å². The zero-order valence-electron chi connectivity index (χ0n) is 10.2. The quantitative estimate of drug-likeness (QED) is 0.927. The van der Waals surface area contributed by atoms with Crippen LogP contribution in [0.2, 0.25) is 0 Å². The Morgan fingerprint density at radius 3 is 2.68 bits per heavy atom. The first-order valence-electron chi connectivity index (χ1n) is 5.47. The molecule has 19 heavy (non-hydrogen) atoms. The van der Waals surface area contributed by atoms with Crippen molar-refractivity contribution >= 4 is 15.8 Å². The maximum Gasteiger partial charge on any atom is 0.263 e. The van der Waals surface area contributed by atoms with Gasteiger partial charge in [0.15, 0.2) is 0 Å². The summed E-state index contributed by atoms with van der Waals surface area (Å²) in [5.41, 5.74) is 0.870. The molecule has 0 spiro atoms. The first kappa shape index (κ1) is 13.1. The number of pyridine rings is 1. The van der Waals surface area contributed by atoms with Crippen molar-refractivity contribution < 1.29 is 8.42 Å². The Balaban J connectivity index is 2.43. The number of aryl methyl sites for hydroxylation is 1. The Morgan fingerprint density at radius 2 is 2.05 bits per heavy atom. The lowest BCUT2D eigenvalue weighted by molar-refractivity contribution is 0.600. The molecule has 0 bridgehead atoms. The second kappa shape index (κ2) is 5.08. The molecule has 96 valence electrons. The number of sulfonamides is 1. The fourth-order valence-electron chi connectivity index (χ4n) is 1.57. The van der Waals surface area contributed by atoms with Gasteiger partial charge in [-0.1, -0.05) is 12.1 Å². The van der Waals surface area contributed by atoms with Crippen molar-refractivity contribution in [1.29, 1.82) is 5.26 Å². The van der Waals surface area contributed by atoms with Crippen LogP contribution in [-0.2, 0) is 10.0 Å². The number of hydrogen-bond donors (Lipinski definition) is 1. The summed E-state index contributed by atoms with van der Waals surface area (Å²) in [6, 6.07) is 11.4. The third-order valence-electron chi connectivity index (χ3n) is 2.51. The smallest absolute Gasteiger partial charge is 0.263 e. The fourth-order valence-corrected chi connectivity index (χ4v) is 2.85. The number of hydrogen-bond acceptors (Lipinski definition) is 4. The molecule has 0 saturated carbocycles.